The van der Waals surface area contributed by atoms with Gasteiger partial charge in [0, 0.05) is 24.8 Å². The number of likely N-dealkylation sites (N-methyl/N-ethyl adjacent to an activating group) is 1. The number of hydrogen-bond donors (Lipinski definition) is 1. The summed E-state index contributed by atoms with van der Waals surface area (Å²) in [5.74, 6) is 0.648. The molecule has 0 amide bonds. The van der Waals surface area contributed by atoms with Gasteiger partial charge in [-0.1, -0.05) is 6.92 Å². The number of hydrogen-bond acceptors (Lipinski definition) is 5. The highest BCUT2D eigenvalue weighted by atomic mass is 16.5. The first-order chi connectivity index (χ1) is 8.74. The fourth-order valence-corrected chi connectivity index (χ4v) is 2.13. The average molecular weight is 252 g/mol. The van der Waals surface area contributed by atoms with Gasteiger partial charge in [0.1, 0.15) is 18.0 Å². The number of aliphatic hydroxyl groups is 1. The number of rotatable bonds is 4. The second-order valence-electron chi connectivity index (χ2n) is 4.41. The topological polar surface area (TPSA) is 54.8 Å². The minimum Gasteiger partial charge on any atom is -0.495 e. The first-order valence-corrected chi connectivity index (χ1v) is 6.25. The monoisotopic (exact) mass is 252 g/mol. The van der Waals surface area contributed by atoms with E-state index in [9.17, 15) is 5.11 Å². The van der Waals surface area contributed by atoms with Gasteiger partial charge in [-0.05, 0) is 12.6 Å². The van der Waals surface area contributed by atoms with Crippen molar-refractivity contribution < 1.29 is 14.6 Å². The molecule has 0 aromatic carbocycles. The zero-order valence-electron chi connectivity index (χ0n) is 10.9. The van der Waals surface area contributed by atoms with Crippen molar-refractivity contribution in [1.29, 1.82) is 0 Å². The Bertz CT molecular complexity index is 386. The summed E-state index contributed by atoms with van der Waals surface area (Å²) in [6.07, 6.45) is 2.41. The molecule has 18 heavy (non-hydrogen) atoms. The molecule has 0 saturated carbocycles. The quantitative estimate of drug-likeness (QED) is 0.860. The molecule has 0 aliphatic carbocycles. The highest BCUT2D eigenvalue weighted by Gasteiger charge is 2.27. The molecule has 1 aliphatic heterocycles. The Morgan fingerprint density at radius 1 is 1.61 bits per heavy atom. The van der Waals surface area contributed by atoms with Crippen LogP contribution in [0.2, 0.25) is 0 Å². The van der Waals surface area contributed by atoms with Gasteiger partial charge in [-0.2, -0.15) is 0 Å². The summed E-state index contributed by atoms with van der Waals surface area (Å²) >= 11 is 0. The van der Waals surface area contributed by atoms with E-state index in [2.05, 4.69) is 16.8 Å². The molecule has 100 valence electrons. The molecule has 1 aromatic heterocycles. The summed E-state index contributed by atoms with van der Waals surface area (Å²) in [7, 11) is 1.59. The maximum Gasteiger partial charge on any atom is 0.137 e. The van der Waals surface area contributed by atoms with Crippen LogP contribution in [0.25, 0.3) is 0 Å². The molecule has 1 N–H and O–H groups in total. The molecule has 0 spiro atoms. The average Bonchev–Trinajstić information content (AvgIpc) is 2.46. The first-order valence-electron chi connectivity index (χ1n) is 6.25. The van der Waals surface area contributed by atoms with Crippen LogP contribution in [0.4, 0.5) is 0 Å². The van der Waals surface area contributed by atoms with Gasteiger partial charge in [-0.15, -0.1) is 0 Å². The van der Waals surface area contributed by atoms with Crippen LogP contribution in [-0.4, -0.2) is 54.4 Å². The molecule has 2 unspecified atom stereocenters. The molecule has 2 heterocycles. The maximum absolute atomic E-state index is 10.3. The predicted octanol–water partition coefficient (Wildman–Crippen LogP) is 0.844. The lowest BCUT2D eigenvalue weighted by Gasteiger charge is -2.34. The highest BCUT2D eigenvalue weighted by Crippen LogP contribution is 2.24. The van der Waals surface area contributed by atoms with Crippen LogP contribution in [0, 0.1) is 0 Å². The number of methoxy groups -OCH3 is 1. The van der Waals surface area contributed by atoms with E-state index >= 15 is 0 Å². The molecule has 2 atom stereocenters. The van der Waals surface area contributed by atoms with Crippen molar-refractivity contribution in [3.63, 3.8) is 0 Å². The second kappa shape index (κ2) is 6.13. The number of nitrogens with zero attached hydrogens (tertiary/aromatic N) is 2. The zero-order valence-corrected chi connectivity index (χ0v) is 10.9. The zero-order chi connectivity index (χ0) is 13.0. The van der Waals surface area contributed by atoms with Crippen molar-refractivity contribution >= 4 is 0 Å². The largest absolute Gasteiger partial charge is 0.495 e. The third-order valence-electron chi connectivity index (χ3n) is 3.29. The number of morpholine rings is 1. The van der Waals surface area contributed by atoms with E-state index in [0.29, 0.717) is 12.4 Å². The van der Waals surface area contributed by atoms with Gasteiger partial charge in [-0.3, -0.25) is 9.88 Å². The first kappa shape index (κ1) is 13.3. The standard InChI is InChI=1S/C13H20N2O3/c1-3-15-4-5-18-12(9-15)13(16)10-6-11(17-2)8-14-7-10/h6-8,12-13,16H,3-5,9H2,1-2H3. The van der Waals surface area contributed by atoms with Gasteiger partial charge in [0.15, 0.2) is 0 Å². The summed E-state index contributed by atoms with van der Waals surface area (Å²) in [5.41, 5.74) is 0.734. The molecule has 0 bridgehead atoms. The van der Waals surface area contributed by atoms with Crippen LogP contribution < -0.4 is 4.74 Å². The van der Waals surface area contributed by atoms with Crippen LogP contribution in [0.3, 0.4) is 0 Å². The molecule has 1 saturated heterocycles. The predicted molar refractivity (Wildman–Crippen MR) is 67.6 cm³/mol. The van der Waals surface area contributed by atoms with Crippen LogP contribution in [-0.2, 0) is 4.74 Å². The van der Waals surface area contributed by atoms with E-state index in [1.165, 1.54) is 0 Å². The van der Waals surface area contributed by atoms with E-state index < -0.39 is 6.10 Å². The fourth-order valence-electron chi connectivity index (χ4n) is 2.13. The Balaban J connectivity index is 2.07. The van der Waals surface area contributed by atoms with E-state index in [1.54, 1.807) is 25.6 Å². The normalized spacial score (nSPS) is 22.7. The van der Waals surface area contributed by atoms with Gasteiger partial charge in [0.2, 0.25) is 0 Å². The SMILES string of the molecule is CCN1CCOC(C(O)c2cncc(OC)c2)C1. The second-order valence-corrected chi connectivity index (χ2v) is 4.41. The van der Waals surface area contributed by atoms with Gasteiger partial charge >= 0.3 is 0 Å². The third-order valence-corrected chi connectivity index (χ3v) is 3.29. The number of aromatic nitrogens is 1. The Kier molecular flexibility index (Phi) is 4.52. The molecular weight excluding hydrogens is 232 g/mol. The van der Waals surface area contributed by atoms with E-state index in [4.69, 9.17) is 9.47 Å². The fraction of sp³-hybridized carbons (Fsp3) is 0.615. The van der Waals surface area contributed by atoms with Crippen molar-refractivity contribution in [3.05, 3.63) is 24.0 Å². The maximum atomic E-state index is 10.3. The summed E-state index contributed by atoms with van der Waals surface area (Å²) in [5, 5.41) is 10.3. The van der Waals surface area contributed by atoms with Crippen molar-refractivity contribution in [2.24, 2.45) is 0 Å². The van der Waals surface area contributed by atoms with E-state index in [1.807, 2.05) is 0 Å². The number of ether oxygens (including phenoxy) is 2. The Labute approximate surface area is 107 Å². The minimum absolute atomic E-state index is 0.201. The lowest BCUT2D eigenvalue weighted by molar-refractivity contribution is -0.0890. The smallest absolute Gasteiger partial charge is 0.137 e. The highest BCUT2D eigenvalue weighted by molar-refractivity contribution is 5.25. The molecule has 5 heteroatoms. The van der Waals surface area contributed by atoms with Gasteiger partial charge in [-0.25, -0.2) is 0 Å². The summed E-state index contributed by atoms with van der Waals surface area (Å²) in [6.45, 7) is 5.42. The molecule has 1 aliphatic rings. The Morgan fingerprint density at radius 2 is 2.44 bits per heavy atom. The lowest BCUT2D eigenvalue weighted by atomic mass is 10.0. The van der Waals surface area contributed by atoms with Gasteiger partial charge in [0.25, 0.3) is 0 Å². The summed E-state index contributed by atoms with van der Waals surface area (Å²) < 4.78 is 10.7. The molecule has 0 radical (unpaired) electrons. The lowest BCUT2D eigenvalue weighted by Crippen LogP contribution is -2.44. The Morgan fingerprint density at radius 3 is 3.17 bits per heavy atom. The van der Waals surface area contributed by atoms with Crippen LogP contribution in [0.15, 0.2) is 18.5 Å². The van der Waals surface area contributed by atoms with E-state index in [-0.39, 0.29) is 6.10 Å². The third kappa shape index (κ3) is 2.98. The molecule has 1 fully saturated rings. The van der Waals surface area contributed by atoms with Crippen LogP contribution >= 0.6 is 0 Å². The van der Waals surface area contributed by atoms with Crippen molar-refractivity contribution in [2.45, 2.75) is 19.1 Å². The van der Waals surface area contributed by atoms with Crippen molar-refractivity contribution in [1.82, 2.24) is 9.88 Å². The van der Waals surface area contributed by atoms with Crippen LogP contribution in [0.1, 0.15) is 18.6 Å². The Hall–Kier alpha value is -1.17. The molecule has 2 rings (SSSR count). The van der Waals surface area contributed by atoms with E-state index in [0.717, 1.165) is 25.2 Å². The minimum atomic E-state index is -0.665. The van der Waals surface area contributed by atoms with Crippen LogP contribution in [0.5, 0.6) is 5.75 Å². The molecule has 1 aromatic rings. The van der Waals surface area contributed by atoms with Gasteiger partial charge in [0.05, 0.1) is 19.9 Å². The molecule has 5 nitrogen and oxygen atoms in total. The van der Waals surface area contributed by atoms with Gasteiger partial charge < -0.3 is 14.6 Å². The number of aliphatic hydroxyl groups excluding tert-OH is 1. The van der Waals surface area contributed by atoms with Crippen molar-refractivity contribution in [3.8, 4) is 5.75 Å². The number of pyridine rings is 1. The van der Waals surface area contributed by atoms with Crippen molar-refractivity contribution in [2.75, 3.05) is 33.4 Å². The summed E-state index contributed by atoms with van der Waals surface area (Å²) in [6, 6.07) is 1.80. The summed E-state index contributed by atoms with van der Waals surface area (Å²) in [4.78, 5) is 6.33. The molecular formula is C13H20N2O3.